The predicted octanol–water partition coefficient (Wildman–Crippen LogP) is 2.73. The van der Waals surface area contributed by atoms with E-state index >= 15 is 0 Å². The SMILES string of the molecule is COc1cccc(-c2csc(N(N)C(=O)c3ccncc3)n2)c1. The summed E-state index contributed by atoms with van der Waals surface area (Å²) in [4.78, 5) is 20.6. The van der Waals surface area contributed by atoms with E-state index in [-0.39, 0.29) is 5.91 Å². The summed E-state index contributed by atoms with van der Waals surface area (Å²) >= 11 is 1.30. The van der Waals surface area contributed by atoms with Crippen molar-refractivity contribution in [3.63, 3.8) is 0 Å². The van der Waals surface area contributed by atoms with Crippen molar-refractivity contribution in [3.8, 4) is 17.0 Å². The van der Waals surface area contributed by atoms with Gasteiger partial charge in [0.2, 0.25) is 5.13 Å². The van der Waals surface area contributed by atoms with Gasteiger partial charge in [0.05, 0.1) is 12.8 Å². The summed E-state index contributed by atoms with van der Waals surface area (Å²) in [7, 11) is 1.61. The largest absolute Gasteiger partial charge is 0.497 e. The van der Waals surface area contributed by atoms with Crippen molar-refractivity contribution in [1.29, 1.82) is 0 Å². The first kappa shape index (κ1) is 15.1. The Bertz CT molecular complexity index is 820. The van der Waals surface area contributed by atoms with Crippen LogP contribution in [0.3, 0.4) is 0 Å². The van der Waals surface area contributed by atoms with Gasteiger partial charge in [-0.15, -0.1) is 11.3 Å². The molecule has 0 saturated carbocycles. The molecule has 0 aliphatic heterocycles. The Morgan fingerprint density at radius 2 is 2.04 bits per heavy atom. The van der Waals surface area contributed by atoms with E-state index in [2.05, 4.69) is 9.97 Å². The minimum atomic E-state index is -0.334. The zero-order chi connectivity index (χ0) is 16.2. The van der Waals surface area contributed by atoms with E-state index < -0.39 is 0 Å². The molecule has 2 N–H and O–H groups in total. The first-order valence-corrected chi connectivity index (χ1v) is 7.66. The minimum absolute atomic E-state index is 0.334. The lowest BCUT2D eigenvalue weighted by Gasteiger charge is -2.12. The van der Waals surface area contributed by atoms with Crippen LogP contribution < -0.4 is 15.6 Å². The summed E-state index contributed by atoms with van der Waals surface area (Å²) in [5.74, 6) is 6.32. The number of rotatable bonds is 4. The van der Waals surface area contributed by atoms with Gasteiger partial charge in [0, 0.05) is 28.9 Å². The van der Waals surface area contributed by atoms with Crippen LogP contribution in [0.4, 0.5) is 5.13 Å². The van der Waals surface area contributed by atoms with Crippen LogP contribution in [0.5, 0.6) is 5.75 Å². The second-order valence-electron chi connectivity index (χ2n) is 4.66. The van der Waals surface area contributed by atoms with Gasteiger partial charge in [-0.2, -0.15) is 0 Å². The number of ether oxygens (including phenoxy) is 1. The number of pyridine rings is 1. The molecule has 7 heteroatoms. The van der Waals surface area contributed by atoms with Crippen LogP contribution in [-0.2, 0) is 0 Å². The number of nitrogens with two attached hydrogens (primary N) is 1. The maximum absolute atomic E-state index is 12.3. The lowest BCUT2D eigenvalue weighted by molar-refractivity contribution is 0.0986. The van der Waals surface area contributed by atoms with E-state index in [1.54, 1.807) is 31.6 Å². The highest BCUT2D eigenvalue weighted by molar-refractivity contribution is 7.14. The average molecular weight is 326 g/mol. The van der Waals surface area contributed by atoms with Gasteiger partial charge in [0.15, 0.2) is 0 Å². The monoisotopic (exact) mass is 326 g/mol. The number of aromatic nitrogens is 2. The summed E-state index contributed by atoms with van der Waals surface area (Å²) in [6.45, 7) is 0. The number of thiazole rings is 1. The Morgan fingerprint density at radius 3 is 2.78 bits per heavy atom. The number of hydrazine groups is 1. The third-order valence-electron chi connectivity index (χ3n) is 3.21. The van der Waals surface area contributed by atoms with Gasteiger partial charge >= 0.3 is 0 Å². The number of hydrogen-bond donors (Lipinski definition) is 1. The first-order valence-electron chi connectivity index (χ1n) is 6.78. The molecule has 3 aromatic rings. The Kier molecular flexibility index (Phi) is 4.31. The van der Waals surface area contributed by atoms with Gasteiger partial charge in [-0.1, -0.05) is 12.1 Å². The van der Waals surface area contributed by atoms with Gasteiger partial charge in [0.1, 0.15) is 5.75 Å². The first-order chi connectivity index (χ1) is 11.2. The van der Waals surface area contributed by atoms with Gasteiger partial charge in [-0.3, -0.25) is 9.78 Å². The number of amides is 1. The lowest BCUT2D eigenvalue weighted by atomic mass is 10.2. The van der Waals surface area contributed by atoms with Gasteiger partial charge in [-0.25, -0.2) is 15.8 Å². The van der Waals surface area contributed by atoms with E-state index in [1.807, 2.05) is 29.6 Å². The highest BCUT2D eigenvalue weighted by Gasteiger charge is 2.17. The highest BCUT2D eigenvalue weighted by atomic mass is 32.1. The topological polar surface area (TPSA) is 81.3 Å². The van der Waals surface area contributed by atoms with Crippen molar-refractivity contribution < 1.29 is 9.53 Å². The molecule has 0 aliphatic rings. The predicted molar refractivity (Wildman–Crippen MR) is 89.3 cm³/mol. The molecule has 1 aromatic carbocycles. The summed E-state index contributed by atoms with van der Waals surface area (Å²) in [6.07, 6.45) is 3.09. The molecule has 3 rings (SSSR count). The summed E-state index contributed by atoms with van der Waals surface area (Å²) in [6, 6.07) is 10.8. The number of nitrogens with zero attached hydrogens (tertiary/aromatic N) is 3. The number of carbonyl (C=O) groups is 1. The van der Waals surface area contributed by atoms with E-state index in [1.165, 1.54) is 11.3 Å². The molecule has 0 unspecified atom stereocenters. The Balaban J connectivity index is 1.85. The molecule has 1 amide bonds. The third kappa shape index (κ3) is 3.20. The van der Waals surface area contributed by atoms with E-state index in [9.17, 15) is 4.79 Å². The molecule has 23 heavy (non-hydrogen) atoms. The molecule has 6 nitrogen and oxygen atoms in total. The normalized spacial score (nSPS) is 10.3. The maximum atomic E-state index is 12.3. The van der Waals surface area contributed by atoms with Crippen molar-refractivity contribution >= 4 is 22.4 Å². The molecule has 0 radical (unpaired) electrons. The van der Waals surface area contributed by atoms with Crippen LogP contribution in [0.2, 0.25) is 0 Å². The van der Waals surface area contributed by atoms with Crippen molar-refractivity contribution in [2.75, 3.05) is 12.1 Å². The molecular weight excluding hydrogens is 312 g/mol. The zero-order valence-corrected chi connectivity index (χ0v) is 13.2. The number of anilines is 1. The van der Waals surface area contributed by atoms with E-state index in [0.29, 0.717) is 10.7 Å². The Morgan fingerprint density at radius 1 is 1.26 bits per heavy atom. The van der Waals surface area contributed by atoms with Crippen LogP contribution in [0.25, 0.3) is 11.3 Å². The van der Waals surface area contributed by atoms with E-state index in [0.717, 1.165) is 22.0 Å². The quantitative estimate of drug-likeness (QED) is 0.453. The second kappa shape index (κ2) is 6.55. The highest BCUT2D eigenvalue weighted by Crippen LogP contribution is 2.28. The fourth-order valence-corrected chi connectivity index (χ4v) is 2.76. The van der Waals surface area contributed by atoms with Gasteiger partial charge in [-0.05, 0) is 24.3 Å². The molecule has 0 atom stereocenters. The average Bonchev–Trinajstić information content (AvgIpc) is 3.11. The summed E-state index contributed by atoms with van der Waals surface area (Å²) in [5, 5.41) is 3.32. The third-order valence-corrected chi connectivity index (χ3v) is 4.05. The maximum Gasteiger partial charge on any atom is 0.274 e. The standard InChI is InChI=1S/C16H14N4O2S/c1-22-13-4-2-3-12(9-13)14-10-23-16(19-14)20(17)15(21)11-5-7-18-8-6-11/h2-10H,17H2,1H3. The number of methoxy groups -OCH3 is 1. The van der Waals surface area contributed by atoms with Crippen LogP contribution in [-0.4, -0.2) is 23.0 Å². The number of benzene rings is 1. The van der Waals surface area contributed by atoms with Crippen molar-refractivity contribution in [2.24, 2.45) is 5.84 Å². The van der Waals surface area contributed by atoms with Crippen molar-refractivity contribution in [3.05, 3.63) is 59.7 Å². The van der Waals surface area contributed by atoms with Crippen molar-refractivity contribution in [2.45, 2.75) is 0 Å². The van der Waals surface area contributed by atoms with Gasteiger partial charge < -0.3 is 4.74 Å². The molecule has 116 valence electrons. The number of hydrogen-bond acceptors (Lipinski definition) is 6. The molecule has 0 aliphatic carbocycles. The lowest BCUT2D eigenvalue weighted by Crippen LogP contribution is -2.37. The van der Waals surface area contributed by atoms with Crippen molar-refractivity contribution in [1.82, 2.24) is 9.97 Å². The van der Waals surface area contributed by atoms with Gasteiger partial charge in [0.25, 0.3) is 5.91 Å². The molecule has 0 bridgehead atoms. The van der Waals surface area contributed by atoms with Crippen LogP contribution >= 0.6 is 11.3 Å². The molecule has 0 spiro atoms. The Labute approximate surface area is 137 Å². The number of carbonyl (C=O) groups excluding carboxylic acids is 1. The molecular formula is C16H14N4O2S. The second-order valence-corrected chi connectivity index (χ2v) is 5.49. The van der Waals surface area contributed by atoms with Crippen LogP contribution in [0.15, 0.2) is 54.2 Å². The van der Waals surface area contributed by atoms with Crippen LogP contribution in [0.1, 0.15) is 10.4 Å². The van der Waals surface area contributed by atoms with Crippen LogP contribution in [0, 0.1) is 0 Å². The molecule has 0 saturated heterocycles. The summed E-state index contributed by atoms with van der Waals surface area (Å²) in [5.41, 5.74) is 2.10. The molecule has 0 fully saturated rings. The zero-order valence-electron chi connectivity index (χ0n) is 12.3. The molecule has 2 aromatic heterocycles. The minimum Gasteiger partial charge on any atom is -0.497 e. The summed E-state index contributed by atoms with van der Waals surface area (Å²) < 4.78 is 5.21. The molecule has 2 heterocycles. The smallest absolute Gasteiger partial charge is 0.274 e. The van der Waals surface area contributed by atoms with E-state index in [4.69, 9.17) is 10.6 Å². The fraction of sp³-hybridized carbons (Fsp3) is 0.0625. The fourth-order valence-electron chi connectivity index (χ4n) is 2.01. The Hall–Kier alpha value is -2.77.